The van der Waals surface area contributed by atoms with E-state index in [9.17, 15) is 9.90 Å². The Morgan fingerprint density at radius 2 is 2.31 bits per heavy atom. The van der Waals surface area contributed by atoms with Crippen molar-refractivity contribution in [3.05, 3.63) is 0 Å². The zero-order chi connectivity index (χ0) is 12.1. The number of rotatable bonds is 4. The number of amides is 1. The van der Waals surface area contributed by atoms with Crippen molar-refractivity contribution < 1.29 is 9.90 Å². The highest BCUT2D eigenvalue weighted by molar-refractivity contribution is 5.78. The molecule has 1 saturated heterocycles. The van der Waals surface area contributed by atoms with Crippen LogP contribution in [0.25, 0.3) is 0 Å². The maximum absolute atomic E-state index is 11.9. The van der Waals surface area contributed by atoms with Crippen LogP contribution in [-0.4, -0.2) is 47.7 Å². The molecule has 0 bridgehead atoms. The summed E-state index contributed by atoms with van der Waals surface area (Å²) in [7, 11) is 0. The Bertz CT molecular complexity index is 233. The van der Waals surface area contributed by atoms with Crippen LogP contribution in [0.3, 0.4) is 0 Å². The SMILES string of the molecule is CCC(C)NCC(=O)N1CCC(O)C(C)C1. The Morgan fingerprint density at radius 3 is 2.88 bits per heavy atom. The van der Waals surface area contributed by atoms with Crippen LogP contribution < -0.4 is 5.32 Å². The average molecular weight is 228 g/mol. The number of hydrogen-bond donors (Lipinski definition) is 2. The fourth-order valence-electron chi connectivity index (χ4n) is 1.88. The predicted octanol–water partition coefficient (Wildman–Crippen LogP) is 0.604. The van der Waals surface area contributed by atoms with Gasteiger partial charge in [0.25, 0.3) is 0 Å². The summed E-state index contributed by atoms with van der Waals surface area (Å²) in [4.78, 5) is 13.7. The molecule has 0 aromatic carbocycles. The molecule has 0 spiro atoms. The number of aliphatic hydroxyl groups is 1. The molecule has 0 aromatic rings. The van der Waals surface area contributed by atoms with E-state index < -0.39 is 0 Å². The quantitative estimate of drug-likeness (QED) is 0.741. The summed E-state index contributed by atoms with van der Waals surface area (Å²) >= 11 is 0. The minimum atomic E-state index is -0.244. The molecule has 0 aromatic heterocycles. The smallest absolute Gasteiger partial charge is 0.236 e. The molecule has 0 saturated carbocycles. The van der Waals surface area contributed by atoms with Crippen molar-refractivity contribution in [1.82, 2.24) is 10.2 Å². The molecule has 1 aliphatic rings. The summed E-state index contributed by atoms with van der Waals surface area (Å²) in [6.45, 7) is 7.95. The molecule has 1 fully saturated rings. The van der Waals surface area contributed by atoms with Crippen LogP contribution in [0.5, 0.6) is 0 Å². The van der Waals surface area contributed by atoms with Crippen LogP contribution in [0.15, 0.2) is 0 Å². The molecule has 0 aliphatic carbocycles. The molecule has 0 radical (unpaired) electrons. The number of carbonyl (C=O) groups excluding carboxylic acids is 1. The summed E-state index contributed by atoms with van der Waals surface area (Å²) < 4.78 is 0. The number of nitrogens with zero attached hydrogens (tertiary/aromatic N) is 1. The van der Waals surface area contributed by atoms with Gasteiger partial charge in [-0.2, -0.15) is 0 Å². The summed E-state index contributed by atoms with van der Waals surface area (Å²) in [6, 6.07) is 0.386. The third-order valence-corrected chi connectivity index (χ3v) is 3.43. The average Bonchev–Trinajstić information content (AvgIpc) is 2.29. The summed E-state index contributed by atoms with van der Waals surface area (Å²) in [5.41, 5.74) is 0. The number of hydrogen-bond acceptors (Lipinski definition) is 3. The van der Waals surface area contributed by atoms with Crippen LogP contribution in [0, 0.1) is 5.92 Å². The van der Waals surface area contributed by atoms with E-state index in [1.165, 1.54) is 0 Å². The topological polar surface area (TPSA) is 52.6 Å². The molecule has 3 atom stereocenters. The number of piperidine rings is 1. The first-order chi connectivity index (χ1) is 7.54. The molecule has 1 rings (SSSR count). The zero-order valence-electron chi connectivity index (χ0n) is 10.6. The van der Waals surface area contributed by atoms with Gasteiger partial charge in [-0.25, -0.2) is 0 Å². The van der Waals surface area contributed by atoms with Gasteiger partial charge in [-0.3, -0.25) is 4.79 Å². The van der Waals surface area contributed by atoms with Crippen LogP contribution >= 0.6 is 0 Å². The van der Waals surface area contributed by atoms with Crippen LogP contribution in [0.1, 0.15) is 33.6 Å². The van der Waals surface area contributed by atoms with E-state index in [2.05, 4.69) is 19.2 Å². The minimum Gasteiger partial charge on any atom is -0.393 e. The fourth-order valence-corrected chi connectivity index (χ4v) is 1.88. The lowest BCUT2D eigenvalue weighted by molar-refractivity contribution is -0.133. The molecule has 4 heteroatoms. The molecule has 3 unspecified atom stereocenters. The maximum Gasteiger partial charge on any atom is 0.236 e. The lowest BCUT2D eigenvalue weighted by atomic mass is 9.97. The third-order valence-electron chi connectivity index (χ3n) is 3.43. The van der Waals surface area contributed by atoms with Gasteiger partial charge in [-0.05, 0) is 25.7 Å². The van der Waals surface area contributed by atoms with E-state index in [4.69, 9.17) is 0 Å². The molecular weight excluding hydrogens is 204 g/mol. The van der Waals surface area contributed by atoms with Gasteiger partial charge in [0.05, 0.1) is 12.6 Å². The van der Waals surface area contributed by atoms with E-state index >= 15 is 0 Å². The van der Waals surface area contributed by atoms with Crippen molar-refractivity contribution in [3.63, 3.8) is 0 Å². The maximum atomic E-state index is 11.9. The third kappa shape index (κ3) is 3.76. The number of likely N-dealkylation sites (tertiary alicyclic amines) is 1. The first kappa shape index (κ1) is 13.5. The predicted molar refractivity (Wildman–Crippen MR) is 64.1 cm³/mol. The van der Waals surface area contributed by atoms with E-state index in [0.717, 1.165) is 6.42 Å². The van der Waals surface area contributed by atoms with Crippen molar-refractivity contribution in [2.45, 2.75) is 45.8 Å². The monoisotopic (exact) mass is 228 g/mol. The molecule has 4 nitrogen and oxygen atoms in total. The number of carbonyl (C=O) groups is 1. The van der Waals surface area contributed by atoms with E-state index in [1.807, 2.05) is 11.8 Å². The normalized spacial score (nSPS) is 27.9. The summed E-state index contributed by atoms with van der Waals surface area (Å²) in [5, 5.41) is 12.8. The van der Waals surface area contributed by atoms with Crippen LogP contribution in [0.4, 0.5) is 0 Å². The summed E-state index contributed by atoms with van der Waals surface area (Å²) in [5.74, 6) is 0.348. The molecule has 2 N–H and O–H groups in total. The molecule has 1 heterocycles. The Hall–Kier alpha value is -0.610. The highest BCUT2D eigenvalue weighted by Gasteiger charge is 2.26. The molecular formula is C12H24N2O2. The fraction of sp³-hybridized carbons (Fsp3) is 0.917. The Morgan fingerprint density at radius 1 is 1.62 bits per heavy atom. The van der Waals surface area contributed by atoms with Crippen molar-refractivity contribution in [2.24, 2.45) is 5.92 Å². The van der Waals surface area contributed by atoms with Gasteiger partial charge in [0.15, 0.2) is 0 Å². The molecule has 1 aliphatic heterocycles. The largest absolute Gasteiger partial charge is 0.393 e. The highest BCUT2D eigenvalue weighted by atomic mass is 16.3. The second-order valence-electron chi connectivity index (χ2n) is 4.86. The van der Waals surface area contributed by atoms with E-state index in [-0.39, 0.29) is 17.9 Å². The zero-order valence-corrected chi connectivity index (χ0v) is 10.6. The van der Waals surface area contributed by atoms with Crippen molar-refractivity contribution in [1.29, 1.82) is 0 Å². The second kappa shape index (κ2) is 6.21. The standard InChI is InChI=1S/C12H24N2O2/c1-4-10(3)13-7-12(16)14-6-5-11(15)9(2)8-14/h9-11,13,15H,4-8H2,1-3H3. The first-order valence-corrected chi connectivity index (χ1v) is 6.23. The van der Waals surface area contributed by atoms with Gasteiger partial charge < -0.3 is 15.3 Å². The minimum absolute atomic E-state index is 0.152. The van der Waals surface area contributed by atoms with Crippen molar-refractivity contribution in [2.75, 3.05) is 19.6 Å². The Balaban J connectivity index is 2.32. The first-order valence-electron chi connectivity index (χ1n) is 6.23. The highest BCUT2D eigenvalue weighted by Crippen LogP contribution is 2.16. The van der Waals surface area contributed by atoms with Crippen molar-refractivity contribution >= 4 is 5.91 Å². The lowest BCUT2D eigenvalue weighted by Crippen LogP contribution is -2.48. The molecule has 94 valence electrons. The van der Waals surface area contributed by atoms with Gasteiger partial charge >= 0.3 is 0 Å². The number of nitrogens with one attached hydrogen (secondary N) is 1. The van der Waals surface area contributed by atoms with E-state index in [1.54, 1.807) is 0 Å². The van der Waals surface area contributed by atoms with E-state index in [0.29, 0.717) is 32.1 Å². The van der Waals surface area contributed by atoms with Gasteiger partial charge in [0, 0.05) is 19.1 Å². The Labute approximate surface area is 98.0 Å². The molecule has 1 amide bonds. The van der Waals surface area contributed by atoms with Gasteiger partial charge in [-0.15, -0.1) is 0 Å². The summed E-state index contributed by atoms with van der Waals surface area (Å²) in [6.07, 6.45) is 1.49. The van der Waals surface area contributed by atoms with Gasteiger partial charge in [-0.1, -0.05) is 13.8 Å². The van der Waals surface area contributed by atoms with Gasteiger partial charge in [0.2, 0.25) is 5.91 Å². The number of aliphatic hydroxyl groups excluding tert-OH is 1. The molecule has 16 heavy (non-hydrogen) atoms. The van der Waals surface area contributed by atoms with Crippen LogP contribution in [-0.2, 0) is 4.79 Å². The van der Waals surface area contributed by atoms with Gasteiger partial charge in [0.1, 0.15) is 0 Å². The second-order valence-corrected chi connectivity index (χ2v) is 4.86. The Kier molecular flexibility index (Phi) is 5.22. The lowest BCUT2D eigenvalue weighted by Gasteiger charge is -2.34. The van der Waals surface area contributed by atoms with Crippen LogP contribution in [0.2, 0.25) is 0 Å². The van der Waals surface area contributed by atoms with Crippen molar-refractivity contribution in [3.8, 4) is 0 Å².